The molecule has 0 unspecified atom stereocenters. The first-order valence-electron chi connectivity index (χ1n) is 7.81. The predicted octanol–water partition coefficient (Wildman–Crippen LogP) is 2.65. The van der Waals surface area contributed by atoms with Gasteiger partial charge in [-0.15, -0.1) is 0 Å². The molecular weight excluding hydrogens is 276 g/mol. The van der Waals surface area contributed by atoms with Crippen LogP contribution in [0, 0.1) is 0 Å². The van der Waals surface area contributed by atoms with E-state index in [1.54, 1.807) is 0 Å². The van der Waals surface area contributed by atoms with E-state index >= 15 is 0 Å². The van der Waals surface area contributed by atoms with Crippen LogP contribution in [-0.2, 0) is 11.3 Å². The average molecular weight is 298 g/mol. The van der Waals surface area contributed by atoms with E-state index in [4.69, 9.17) is 10.8 Å². The van der Waals surface area contributed by atoms with Gasteiger partial charge in [0, 0.05) is 12.6 Å². The zero-order valence-corrected chi connectivity index (χ0v) is 12.6. The van der Waals surface area contributed by atoms with E-state index in [0.29, 0.717) is 18.9 Å². The lowest BCUT2D eigenvalue weighted by atomic mass is 9.80. The van der Waals surface area contributed by atoms with Crippen molar-refractivity contribution in [2.45, 2.75) is 43.8 Å². The second kappa shape index (κ2) is 6.07. The normalized spacial score (nSPS) is 25.2. The van der Waals surface area contributed by atoms with Crippen molar-refractivity contribution < 1.29 is 9.90 Å². The molecule has 4 N–H and O–H groups in total. The number of aliphatic carboxylic acids is 1. The van der Waals surface area contributed by atoms with Gasteiger partial charge >= 0.3 is 5.97 Å². The zero-order valence-electron chi connectivity index (χ0n) is 12.6. The first kappa shape index (κ1) is 15.0. The van der Waals surface area contributed by atoms with Gasteiger partial charge in [-0.2, -0.15) is 0 Å². The number of fused-ring (bicyclic) bond motifs is 1. The Labute approximate surface area is 130 Å². The third-order valence-corrected chi connectivity index (χ3v) is 4.76. The second-order valence-corrected chi connectivity index (χ2v) is 6.25. The summed E-state index contributed by atoms with van der Waals surface area (Å²) in [6.07, 6.45) is 2.70. The molecule has 0 atom stereocenters. The lowest BCUT2D eigenvalue weighted by Crippen LogP contribution is -2.52. The van der Waals surface area contributed by atoms with Crippen molar-refractivity contribution in [3.63, 3.8) is 0 Å². The number of rotatable bonds is 4. The van der Waals surface area contributed by atoms with E-state index < -0.39 is 11.5 Å². The monoisotopic (exact) mass is 298 g/mol. The van der Waals surface area contributed by atoms with Crippen molar-refractivity contribution in [3.05, 3.63) is 48.0 Å². The average Bonchev–Trinajstić information content (AvgIpc) is 2.54. The summed E-state index contributed by atoms with van der Waals surface area (Å²) in [6, 6.07) is 15.1. The fourth-order valence-corrected chi connectivity index (χ4v) is 3.25. The van der Waals surface area contributed by atoms with Crippen LogP contribution in [0.4, 0.5) is 0 Å². The smallest absolute Gasteiger partial charge is 0.323 e. The number of nitrogens with two attached hydrogens (primary N) is 1. The largest absolute Gasteiger partial charge is 0.480 e. The van der Waals surface area contributed by atoms with E-state index in [1.807, 2.05) is 6.07 Å². The Morgan fingerprint density at radius 3 is 2.59 bits per heavy atom. The molecule has 2 aromatic rings. The van der Waals surface area contributed by atoms with Crippen LogP contribution in [0.5, 0.6) is 0 Å². The molecule has 0 aromatic heterocycles. The minimum absolute atomic E-state index is 0.343. The molecule has 0 heterocycles. The fraction of sp³-hybridized carbons (Fsp3) is 0.389. The van der Waals surface area contributed by atoms with Crippen molar-refractivity contribution in [2.24, 2.45) is 5.73 Å². The molecule has 0 saturated heterocycles. The summed E-state index contributed by atoms with van der Waals surface area (Å²) in [5.74, 6) is -0.875. The molecule has 0 spiro atoms. The number of carboxylic acid groups (broad SMARTS) is 1. The summed E-state index contributed by atoms with van der Waals surface area (Å²) in [5.41, 5.74) is 6.17. The SMILES string of the molecule is NC1(C(=O)O)CCC(NCc2cccc3ccccc23)CC1. The Morgan fingerprint density at radius 2 is 1.86 bits per heavy atom. The van der Waals surface area contributed by atoms with Gasteiger partial charge in [0.1, 0.15) is 5.54 Å². The van der Waals surface area contributed by atoms with Gasteiger partial charge in [0.25, 0.3) is 0 Å². The quantitative estimate of drug-likeness (QED) is 0.811. The maximum atomic E-state index is 11.2. The molecule has 4 heteroatoms. The number of hydrogen-bond acceptors (Lipinski definition) is 3. The summed E-state index contributed by atoms with van der Waals surface area (Å²) >= 11 is 0. The molecule has 1 saturated carbocycles. The molecule has 4 nitrogen and oxygen atoms in total. The third kappa shape index (κ3) is 2.98. The molecule has 0 bridgehead atoms. The van der Waals surface area contributed by atoms with E-state index in [1.165, 1.54) is 16.3 Å². The summed E-state index contributed by atoms with van der Waals surface area (Å²) in [6.45, 7) is 0.802. The molecule has 0 aliphatic heterocycles. The number of nitrogens with one attached hydrogen (secondary N) is 1. The van der Waals surface area contributed by atoms with Gasteiger partial charge in [-0.1, -0.05) is 42.5 Å². The van der Waals surface area contributed by atoms with Gasteiger partial charge in [-0.3, -0.25) is 4.79 Å². The van der Waals surface area contributed by atoms with Gasteiger partial charge in [-0.05, 0) is 42.0 Å². The van der Waals surface area contributed by atoms with Crippen LogP contribution in [0.25, 0.3) is 10.8 Å². The number of hydrogen-bond donors (Lipinski definition) is 3. The zero-order chi connectivity index (χ0) is 15.6. The van der Waals surface area contributed by atoms with Gasteiger partial charge < -0.3 is 16.2 Å². The molecule has 3 rings (SSSR count). The Kier molecular flexibility index (Phi) is 4.14. The van der Waals surface area contributed by atoms with Crippen LogP contribution in [0.15, 0.2) is 42.5 Å². The van der Waals surface area contributed by atoms with E-state index in [0.717, 1.165) is 19.4 Å². The predicted molar refractivity (Wildman–Crippen MR) is 87.6 cm³/mol. The summed E-state index contributed by atoms with van der Waals surface area (Å²) in [5, 5.41) is 15.2. The molecule has 116 valence electrons. The molecule has 1 aliphatic rings. The molecule has 0 radical (unpaired) electrons. The fourth-order valence-electron chi connectivity index (χ4n) is 3.25. The highest BCUT2D eigenvalue weighted by molar-refractivity contribution is 5.85. The highest BCUT2D eigenvalue weighted by Gasteiger charge is 2.37. The number of carboxylic acids is 1. The molecule has 1 aliphatic carbocycles. The molecule has 22 heavy (non-hydrogen) atoms. The number of benzene rings is 2. The lowest BCUT2D eigenvalue weighted by molar-refractivity contribution is -0.144. The van der Waals surface area contributed by atoms with Crippen molar-refractivity contribution in [3.8, 4) is 0 Å². The molecule has 0 amide bonds. The van der Waals surface area contributed by atoms with Crippen LogP contribution in [0.1, 0.15) is 31.2 Å². The van der Waals surface area contributed by atoms with E-state index in [2.05, 4.69) is 41.7 Å². The number of carbonyl (C=O) groups is 1. The van der Waals surface area contributed by atoms with E-state index in [9.17, 15) is 4.79 Å². The molecule has 2 aromatic carbocycles. The highest BCUT2D eigenvalue weighted by Crippen LogP contribution is 2.27. The summed E-state index contributed by atoms with van der Waals surface area (Å²) in [7, 11) is 0. The topological polar surface area (TPSA) is 75.4 Å². The first-order chi connectivity index (χ1) is 10.6. The maximum Gasteiger partial charge on any atom is 0.323 e. The van der Waals surface area contributed by atoms with Crippen molar-refractivity contribution >= 4 is 16.7 Å². The summed E-state index contributed by atoms with van der Waals surface area (Å²) in [4.78, 5) is 11.2. The highest BCUT2D eigenvalue weighted by atomic mass is 16.4. The van der Waals surface area contributed by atoms with Crippen LogP contribution < -0.4 is 11.1 Å². The van der Waals surface area contributed by atoms with E-state index in [-0.39, 0.29) is 0 Å². The minimum Gasteiger partial charge on any atom is -0.480 e. The lowest BCUT2D eigenvalue weighted by Gasteiger charge is -2.34. The Hall–Kier alpha value is -1.91. The van der Waals surface area contributed by atoms with Crippen molar-refractivity contribution in [2.75, 3.05) is 0 Å². The van der Waals surface area contributed by atoms with Crippen LogP contribution in [-0.4, -0.2) is 22.7 Å². The van der Waals surface area contributed by atoms with Crippen LogP contribution in [0.3, 0.4) is 0 Å². The second-order valence-electron chi connectivity index (χ2n) is 6.25. The standard InChI is InChI=1S/C18H22N2O2/c19-18(17(21)22)10-8-15(9-11-18)20-12-14-6-3-5-13-4-1-2-7-16(13)14/h1-7,15,20H,8-12,19H2,(H,21,22). The van der Waals surface area contributed by atoms with Gasteiger partial charge in [0.15, 0.2) is 0 Å². The first-order valence-corrected chi connectivity index (χ1v) is 7.81. The van der Waals surface area contributed by atoms with Crippen molar-refractivity contribution in [1.82, 2.24) is 5.32 Å². The Balaban J connectivity index is 1.63. The maximum absolute atomic E-state index is 11.2. The Morgan fingerprint density at radius 1 is 1.18 bits per heavy atom. The minimum atomic E-state index is -1.03. The van der Waals surface area contributed by atoms with Gasteiger partial charge in [-0.25, -0.2) is 0 Å². The van der Waals surface area contributed by atoms with Crippen LogP contribution >= 0.6 is 0 Å². The van der Waals surface area contributed by atoms with Gasteiger partial charge in [0.2, 0.25) is 0 Å². The molecule has 1 fully saturated rings. The third-order valence-electron chi connectivity index (χ3n) is 4.76. The van der Waals surface area contributed by atoms with Crippen molar-refractivity contribution in [1.29, 1.82) is 0 Å². The van der Waals surface area contributed by atoms with Gasteiger partial charge in [0.05, 0.1) is 0 Å². The molecular formula is C18H22N2O2. The Bertz CT molecular complexity index is 670. The summed E-state index contributed by atoms with van der Waals surface area (Å²) < 4.78 is 0. The van der Waals surface area contributed by atoms with Crippen LogP contribution in [0.2, 0.25) is 0 Å².